The summed E-state index contributed by atoms with van der Waals surface area (Å²) in [4.78, 5) is 0. The van der Waals surface area contributed by atoms with E-state index in [4.69, 9.17) is 14.2 Å². The maximum atomic E-state index is 7.10. The van der Waals surface area contributed by atoms with Crippen LogP contribution in [0, 0.1) is 23.7 Å². The van der Waals surface area contributed by atoms with Crippen LogP contribution < -0.4 is 0 Å². The van der Waals surface area contributed by atoms with Gasteiger partial charge in [0.15, 0.2) is 0 Å². The molecule has 0 aromatic carbocycles. The SMILES string of the molecule is CCCCCCCCCC1CCC(OCC(COC2CCC(CCCCCCCCC)CC2CCCCCCCCC)OC2CCC(CCCCCCCCC)CC2)CC1. The number of rotatable bonds is 40. The van der Waals surface area contributed by atoms with Crippen molar-refractivity contribution in [2.75, 3.05) is 13.2 Å². The van der Waals surface area contributed by atoms with E-state index in [1.807, 2.05) is 0 Å². The smallest absolute Gasteiger partial charge is 0.104 e. The molecule has 3 saturated carbocycles. The van der Waals surface area contributed by atoms with Gasteiger partial charge < -0.3 is 14.2 Å². The molecule has 0 N–H and O–H groups in total. The fourth-order valence-corrected chi connectivity index (χ4v) is 11.7. The van der Waals surface area contributed by atoms with Gasteiger partial charge in [0.1, 0.15) is 6.10 Å². The summed E-state index contributed by atoms with van der Waals surface area (Å²) in [5.41, 5.74) is 0. The Morgan fingerprint density at radius 1 is 0.333 bits per heavy atom. The number of ether oxygens (including phenoxy) is 3. The summed E-state index contributed by atoms with van der Waals surface area (Å²) in [6.45, 7) is 10.8. The van der Waals surface area contributed by atoms with Gasteiger partial charge in [-0.15, -0.1) is 0 Å². The molecule has 0 saturated heterocycles. The number of hydrogen-bond donors (Lipinski definition) is 0. The summed E-state index contributed by atoms with van der Waals surface area (Å²) in [5, 5.41) is 0. The van der Waals surface area contributed by atoms with E-state index in [-0.39, 0.29) is 6.10 Å². The minimum Gasteiger partial charge on any atom is -0.375 e. The first-order valence-electron chi connectivity index (χ1n) is 28.5. The summed E-state index contributed by atoms with van der Waals surface area (Å²) in [6, 6.07) is 0. The zero-order valence-corrected chi connectivity index (χ0v) is 41.7. The molecule has 0 aromatic heterocycles. The van der Waals surface area contributed by atoms with Crippen LogP contribution >= 0.6 is 0 Å². The van der Waals surface area contributed by atoms with Crippen molar-refractivity contribution in [2.45, 2.75) is 328 Å². The normalized spacial score (nSPS) is 25.5. The minimum atomic E-state index is 0.0877. The van der Waals surface area contributed by atoms with Crippen LogP contribution in [0.3, 0.4) is 0 Å². The molecule has 3 fully saturated rings. The summed E-state index contributed by atoms with van der Waals surface area (Å²) >= 11 is 0. The van der Waals surface area contributed by atoms with E-state index in [1.165, 1.54) is 276 Å². The molecule has 3 aliphatic rings. The molecule has 356 valence electrons. The van der Waals surface area contributed by atoms with Gasteiger partial charge in [0.05, 0.1) is 31.5 Å². The van der Waals surface area contributed by atoms with E-state index in [9.17, 15) is 0 Å². The van der Waals surface area contributed by atoms with Gasteiger partial charge in [-0.2, -0.15) is 0 Å². The molecule has 0 aromatic rings. The Kier molecular flexibility index (Phi) is 34.5. The first-order chi connectivity index (χ1) is 29.6. The quantitative estimate of drug-likeness (QED) is 0.0575. The molecule has 0 spiro atoms. The molecule has 0 aliphatic heterocycles. The highest BCUT2D eigenvalue weighted by molar-refractivity contribution is 4.83. The Labute approximate surface area is 377 Å². The Hall–Kier alpha value is -0.120. The monoisotopic (exact) mass is 843 g/mol. The van der Waals surface area contributed by atoms with E-state index < -0.39 is 0 Å². The zero-order valence-electron chi connectivity index (χ0n) is 41.7. The van der Waals surface area contributed by atoms with E-state index in [2.05, 4.69) is 27.7 Å². The minimum absolute atomic E-state index is 0.0877. The highest BCUT2D eigenvalue weighted by Crippen LogP contribution is 2.38. The Morgan fingerprint density at radius 3 is 1.13 bits per heavy atom. The highest BCUT2D eigenvalue weighted by Gasteiger charge is 2.33. The van der Waals surface area contributed by atoms with Crippen LogP contribution in [0.5, 0.6) is 0 Å². The first kappa shape index (κ1) is 54.2. The van der Waals surface area contributed by atoms with E-state index in [0.29, 0.717) is 18.3 Å². The van der Waals surface area contributed by atoms with Gasteiger partial charge in [-0.25, -0.2) is 0 Å². The van der Waals surface area contributed by atoms with Gasteiger partial charge in [-0.3, -0.25) is 0 Å². The van der Waals surface area contributed by atoms with Crippen molar-refractivity contribution >= 4 is 0 Å². The van der Waals surface area contributed by atoms with Gasteiger partial charge in [0.2, 0.25) is 0 Å². The third-order valence-corrected chi connectivity index (χ3v) is 15.8. The van der Waals surface area contributed by atoms with Crippen LogP contribution in [0.1, 0.15) is 304 Å². The lowest BCUT2D eigenvalue weighted by Gasteiger charge is -2.38. The fraction of sp³-hybridized carbons (Fsp3) is 1.00. The van der Waals surface area contributed by atoms with Gasteiger partial charge in [-0.1, -0.05) is 227 Å². The van der Waals surface area contributed by atoms with E-state index in [0.717, 1.165) is 36.9 Å². The third-order valence-electron chi connectivity index (χ3n) is 15.8. The Balaban J connectivity index is 1.49. The first-order valence-corrected chi connectivity index (χ1v) is 28.5. The van der Waals surface area contributed by atoms with Crippen molar-refractivity contribution in [1.29, 1.82) is 0 Å². The molecule has 3 nitrogen and oxygen atoms in total. The van der Waals surface area contributed by atoms with Crippen LogP contribution in [0.2, 0.25) is 0 Å². The molecule has 3 aliphatic carbocycles. The average Bonchev–Trinajstić information content (AvgIpc) is 3.27. The van der Waals surface area contributed by atoms with Crippen molar-refractivity contribution in [3.05, 3.63) is 0 Å². The lowest BCUT2D eigenvalue weighted by molar-refractivity contribution is -0.138. The summed E-state index contributed by atoms with van der Waals surface area (Å²) in [7, 11) is 0. The molecule has 4 atom stereocenters. The van der Waals surface area contributed by atoms with Crippen molar-refractivity contribution in [1.82, 2.24) is 0 Å². The average molecular weight is 844 g/mol. The molecule has 0 bridgehead atoms. The second kappa shape index (κ2) is 38.2. The van der Waals surface area contributed by atoms with Crippen LogP contribution in [0.15, 0.2) is 0 Å². The topological polar surface area (TPSA) is 27.7 Å². The molecular formula is C57H110O3. The summed E-state index contributed by atoms with van der Waals surface area (Å²) < 4.78 is 21.0. The van der Waals surface area contributed by atoms with E-state index >= 15 is 0 Å². The van der Waals surface area contributed by atoms with Crippen LogP contribution in [-0.2, 0) is 14.2 Å². The fourth-order valence-electron chi connectivity index (χ4n) is 11.7. The van der Waals surface area contributed by atoms with Gasteiger partial charge in [0.25, 0.3) is 0 Å². The second-order valence-corrected chi connectivity index (χ2v) is 21.3. The molecule has 0 heterocycles. The third kappa shape index (κ3) is 27.3. The zero-order chi connectivity index (χ0) is 42.6. The van der Waals surface area contributed by atoms with Gasteiger partial charge >= 0.3 is 0 Å². The standard InChI is InChI=1S/C57H110O3/c1-5-9-13-17-21-25-29-33-50-37-42-54(43-38-50)58-48-56(60-55-44-39-51(40-45-55)34-30-26-22-18-14-10-6-2)49-59-57-46-41-52(35-31-27-23-19-15-11-7-3)47-53(57)36-32-28-24-20-16-12-8-4/h50-57H,5-49H2,1-4H3. The van der Waals surface area contributed by atoms with Crippen molar-refractivity contribution in [3.8, 4) is 0 Å². The van der Waals surface area contributed by atoms with Crippen molar-refractivity contribution in [3.63, 3.8) is 0 Å². The number of unbranched alkanes of at least 4 members (excludes halogenated alkanes) is 24. The predicted molar refractivity (Wildman–Crippen MR) is 263 cm³/mol. The maximum Gasteiger partial charge on any atom is 0.104 e. The Bertz CT molecular complexity index is 890. The van der Waals surface area contributed by atoms with Crippen LogP contribution in [0.4, 0.5) is 0 Å². The maximum absolute atomic E-state index is 7.10. The predicted octanol–water partition coefficient (Wildman–Crippen LogP) is 18.9. The molecule has 60 heavy (non-hydrogen) atoms. The highest BCUT2D eigenvalue weighted by atomic mass is 16.6. The Morgan fingerprint density at radius 2 is 0.683 bits per heavy atom. The molecular weight excluding hydrogens is 733 g/mol. The lowest BCUT2D eigenvalue weighted by atomic mass is 9.75. The van der Waals surface area contributed by atoms with Crippen LogP contribution in [-0.4, -0.2) is 37.6 Å². The summed E-state index contributed by atoms with van der Waals surface area (Å²) in [5.74, 6) is 3.51. The van der Waals surface area contributed by atoms with Crippen molar-refractivity contribution < 1.29 is 14.2 Å². The van der Waals surface area contributed by atoms with E-state index in [1.54, 1.807) is 0 Å². The largest absolute Gasteiger partial charge is 0.375 e. The van der Waals surface area contributed by atoms with Gasteiger partial charge in [-0.05, 0) is 101 Å². The lowest BCUT2D eigenvalue weighted by Crippen LogP contribution is -2.38. The van der Waals surface area contributed by atoms with Crippen molar-refractivity contribution in [2.24, 2.45) is 23.7 Å². The molecule has 3 rings (SSSR count). The second-order valence-electron chi connectivity index (χ2n) is 21.3. The molecule has 0 radical (unpaired) electrons. The molecule has 4 unspecified atom stereocenters. The molecule has 0 amide bonds. The van der Waals surface area contributed by atoms with Crippen LogP contribution in [0.25, 0.3) is 0 Å². The number of hydrogen-bond acceptors (Lipinski definition) is 3. The van der Waals surface area contributed by atoms with Gasteiger partial charge in [0, 0.05) is 0 Å². The molecule has 3 heteroatoms. The summed E-state index contributed by atoms with van der Waals surface area (Å²) in [6.07, 6.45) is 61.4.